The summed E-state index contributed by atoms with van der Waals surface area (Å²) < 4.78 is 122. The van der Waals surface area contributed by atoms with Crippen molar-refractivity contribution >= 4 is 27.5 Å². The summed E-state index contributed by atoms with van der Waals surface area (Å²) in [5.41, 5.74) is -2.34. The lowest BCUT2D eigenvalue weighted by atomic mass is 9.87. The van der Waals surface area contributed by atoms with Crippen LogP contribution in [0, 0.1) is 5.82 Å². The number of halogens is 7. The van der Waals surface area contributed by atoms with E-state index in [0.717, 1.165) is 24.3 Å². The minimum Gasteiger partial charge on any atom is -0.369 e. The Morgan fingerprint density at radius 1 is 1.08 bits per heavy atom. The number of anilines is 1. The molecule has 0 aliphatic carbocycles. The first kappa shape index (κ1) is 30.1. The van der Waals surface area contributed by atoms with Crippen molar-refractivity contribution in [3.8, 4) is 0 Å². The van der Waals surface area contributed by atoms with Gasteiger partial charge < -0.3 is 16.2 Å². The number of aryl methyl sites for hydroxylation is 1. The summed E-state index contributed by atoms with van der Waals surface area (Å²) in [7, 11) is -4.65. The second-order valence-corrected chi connectivity index (χ2v) is 10.7. The van der Waals surface area contributed by atoms with Crippen molar-refractivity contribution < 1.29 is 53.8 Å². The van der Waals surface area contributed by atoms with Crippen LogP contribution in [0.3, 0.4) is 0 Å². The molecule has 1 aliphatic rings. The summed E-state index contributed by atoms with van der Waals surface area (Å²) in [6.07, 6.45) is -13.4. The first-order valence-electron chi connectivity index (χ1n) is 11.2. The van der Waals surface area contributed by atoms with Gasteiger partial charge in [-0.25, -0.2) is 12.8 Å². The summed E-state index contributed by atoms with van der Waals surface area (Å²) in [4.78, 5) is 23.3. The van der Waals surface area contributed by atoms with Crippen molar-refractivity contribution in [2.75, 3.05) is 4.31 Å². The van der Waals surface area contributed by atoms with Gasteiger partial charge in [-0.2, -0.15) is 26.3 Å². The third-order valence-electron chi connectivity index (χ3n) is 6.23. The number of sulfonamides is 1. The van der Waals surface area contributed by atoms with E-state index in [-0.39, 0.29) is 24.1 Å². The van der Waals surface area contributed by atoms with Crippen molar-refractivity contribution in [3.63, 3.8) is 0 Å². The average Bonchev–Trinajstić information content (AvgIpc) is 2.81. The number of fused-ring (bicyclic) bond motifs is 1. The van der Waals surface area contributed by atoms with E-state index in [9.17, 15) is 53.8 Å². The van der Waals surface area contributed by atoms with E-state index in [4.69, 9.17) is 5.73 Å². The predicted molar refractivity (Wildman–Crippen MR) is 122 cm³/mol. The van der Waals surface area contributed by atoms with E-state index >= 15 is 0 Å². The van der Waals surface area contributed by atoms with Gasteiger partial charge in [0.15, 0.2) is 0 Å². The first-order chi connectivity index (χ1) is 17.8. The molecule has 0 bridgehead atoms. The number of nitrogens with zero attached hydrogens (tertiary/aromatic N) is 1. The Balaban J connectivity index is 2.14. The highest BCUT2D eigenvalue weighted by atomic mass is 32.2. The second-order valence-electron chi connectivity index (χ2n) is 8.89. The van der Waals surface area contributed by atoms with Crippen LogP contribution in [-0.4, -0.2) is 49.8 Å². The molecule has 0 radical (unpaired) electrons. The van der Waals surface area contributed by atoms with Crippen LogP contribution in [0.2, 0.25) is 0 Å². The second kappa shape index (κ2) is 10.3. The van der Waals surface area contributed by atoms with Gasteiger partial charge in [-0.1, -0.05) is 12.1 Å². The molecule has 0 aromatic heterocycles. The molecule has 214 valence electrons. The van der Waals surface area contributed by atoms with Gasteiger partial charge in [0.05, 0.1) is 16.6 Å². The summed E-state index contributed by atoms with van der Waals surface area (Å²) >= 11 is 0. The standard InChI is InChI=1S/C23H22F7N3O5S/c1-12(20(31)35)32-19(34)11-16-6-2-13-10-14(21(36,22(25,26)27)23(28,29)30)3-9-18(13)33(16)39(37,38)17-7-4-15(24)5-8-17/h3-5,7-10,12,16,36H,2,6,11H2,1H3,(H2,31,35)(H,32,34)/t12-,16-/m0/s1. The molecule has 0 saturated carbocycles. The van der Waals surface area contributed by atoms with E-state index in [1.165, 1.54) is 6.92 Å². The van der Waals surface area contributed by atoms with Gasteiger partial charge in [0.2, 0.25) is 11.8 Å². The van der Waals surface area contributed by atoms with Crippen molar-refractivity contribution in [3.05, 3.63) is 59.4 Å². The lowest BCUT2D eigenvalue weighted by Gasteiger charge is -2.39. The number of rotatable bonds is 7. The number of nitrogens with one attached hydrogen (secondary N) is 1. The zero-order valence-electron chi connectivity index (χ0n) is 20.0. The first-order valence-corrected chi connectivity index (χ1v) is 12.6. The number of aliphatic hydroxyl groups is 1. The van der Waals surface area contributed by atoms with Crippen molar-refractivity contribution in [2.24, 2.45) is 5.73 Å². The normalized spacial score (nSPS) is 17.4. The number of nitrogens with two attached hydrogens (primary N) is 1. The van der Waals surface area contributed by atoms with Gasteiger partial charge in [0.1, 0.15) is 11.9 Å². The summed E-state index contributed by atoms with van der Waals surface area (Å²) in [6, 6.07) is 2.48. The molecule has 0 fully saturated rings. The summed E-state index contributed by atoms with van der Waals surface area (Å²) in [5.74, 6) is -2.48. The summed E-state index contributed by atoms with van der Waals surface area (Å²) in [6.45, 7) is 1.27. The number of carbonyl (C=O) groups excluding carboxylic acids is 2. The molecular formula is C23H22F7N3O5S. The van der Waals surface area contributed by atoms with Gasteiger partial charge in [0.25, 0.3) is 15.6 Å². The van der Waals surface area contributed by atoms with Gasteiger partial charge in [-0.05, 0) is 55.7 Å². The van der Waals surface area contributed by atoms with Crippen LogP contribution in [0.1, 0.15) is 30.9 Å². The van der Waals surface area contributed by atoms with E-state index in [1.807, 2.05) is 0 Å². The van der Waals surface area contributed by atoms with Crippen molar-refractivity contribution in [1.82, 2.24) is 5.32 Å². The van der Waals surface area contributed by atoms with E-state index in [1.54, 1.807) is 0 Å². The Hall–Kier alpha value is -3.40. The third-order valence-corrected chi connectivity index (χ3v) is 8.11. The highest BCUT2D eigenvalue weighted by Gasteiger charge is 2.71. The zero-order chi connectivity index (χ0) is 29.6. The Bertz CT molecular complexity index is 1350. The molecule has 8 nitrogen and oxygen atoms in total. The number of primary amides is 1. The highest BCUT2D eigenvalue weighted by Crippen LogP contribution is 2.51. The van der Waals surface area contributed by atoms with Crippen molar-refractivity contribution in [2.45, 2.75) is 61.1 Å². The molecule has 3 rings (SSSR count). The molecular weight excluding hydrogens is 563 g/mol. The molecule has 2 atom stereocenters. The maximum absolute atomic E-state index is 13.6. The predicted octanol–water partition coefficient (Wildman–Crippen LogP) is 3.03. The van der Waals surface area contributed by atoms with Crippen LogP contribution >= 0.6 is 0 Å². The molecule has 1 aliphatic heterocycles. The van der Waals surface area contributed by atoms with Crippen LogP contribution < -0.4 is 15.4 Å². The molecule has 0 saturated heterocycles. The van der Waals surface area contributed by atoms with Crippen molar-refractivity contribution in [1.29, 1.82) is 0 Å². The van der Waals surface area contributed by atoms with Gasteiger partial charge in [-0.3, -0.25) is 13.9 Å². The van der Waals surface area contributed by atoms with Crippen LogP contribution in [0.4, 0.5) is 36.4 Å². The van der Waals surface area contributed by atoms with Gasteiger partial charge >= 0.3 is 12.4 Å². The van der Waals surface area contributed by atoms with E-state index in [0.29, 0.717) is 22.5 Å². The number of benzene rings is 2. The quantitative estimate of drug-likeness (QED) is 0.431. The minimum absolute atomic E-state index is 0.244. The Labute approximate surface area is 217 Å². The van der Waals surface area contributed by atoms with Crippen LogP contribution in [-0.2, 0) is 31.6 Å². The smallest absolute Gasteiger partial charge is 0.369 e. The minimum atomic E-state index is -6.16. The molecule has 2 aromatic carbocycles. The SMILES string of the molecule is C[C@H](NC(=O)C[C@@H]1CCc2cc(C(O)(C(F)(F)F)C(F)(F)F)ccc2N1S(=O)(=O)c1ccc(F)cc1)C(N)=O. The van der Waals surface area contributed by atoms with Gasteiger partial charge in [0, 0.05) is 12.0 Å². The molecule has 16 heteroatoms. The van der Waals surface area contributed by atoms with E-state index < -0.39 is 74.6 Å². The van der Waals surface area contributed by atoms with E-state index in [2.05, 4.69) is 5.32 Å². The molecule has 0 spiro atoms. The molecule has 2 aromatic rings. The lowest BCUT2D eigenvalue weighted by Crippen LogP contribution is -2.54. The maximum Gasteiger partial charge on any atom is 0.430 e. The average molecular weight is 585 g/mol. The fourth-order valence-electron chi connectivity index (χ4n) is 4.17. The third kappa shape index (κ3) is 5.66. The lowest BCUT2D eigenvalue weighted by molar-refractivity contribution is -0.376. The maximum atomic E-state index is 13.6. The number of hydrogen-bond donors (Lipinski definition) is 3. The molecule has 4 N–H and O–H groups in total. The molecule has 2 amide bonds. The fourth-order valence-corrected chi connectivity index (χ4v) is 5.88. The zero-order valence-corrected chi connectivity index (χ0v) is 20.8. The van der Waals surface area contributed by atoms with Gasteiger partial charge in [-0.15, -0.1) is 0 Å². The number of hydrogen-bond acceptors (Lipinski definition) is 5. The van der Waals surface area contributed by atoms with Crippen LogP contribution in [0.15, 0.2) is 47.4 Å². The summed E-state index contributed by atoms with van der Waals surface area (Å²) in [5, 5.41) is 12.0. The largest absolute Gasteiger partial charge is 0.430 e. The molecule has 1 heterocycles. The topological polar surface area (TPSA) is 130 Å². The fraction of sp³-hybridized carbons (Fsp3) is 0.391. The molecule has 0 unspecified atom stereocenters. The Kier molecular flexibility index (Phi) is 7.96. The van der Waals surface area contributed by atoms with Crippen LogP contribution in [0.25, 0.3) is 0 Å². The Morgan fingerprint density at radius 3 is 2.15 bits per heavy atom. The highest BCUT2D eigenvalue weighted by molar-refractivity contribution is 7.92. The monoisotopic (exact) mass is 585 g/mol. The molecule has 39 heavy (non-hydrogen) atoms. The Morgan fingerprint density at radius 2 is 1.64 bits per heavy atom. The number of carbonyl (C=O) groups is 2. The van der Waals surface area contributed by atoms with Crippen LogP contribution in [0.5, 0.6) is 0 Å². The number of alkyl halides is 6. The number of amides is 2.